The maximum atomic E-state index is 12.4. The molecule has 0 aliphatic heterocycles. The van der Waals surface area contributed by atoms with Gasteiger partial charge in [-0.1, -0.05) is 42.3 Å². The number of anilines is 2. The zero-order valence-electron chi connectivity index (χ0n) is 12.1. The number of aliphatic hydroxyl groups is 1. The number of rotatable bonds is 2. The van der Waals surface area contributed by atoms with Gasteiger partial charge in [0.1, 0.15) is 5.60 Å². The molecule has 0 saturated carbocycles. The van der Waals surface area contributed by atoms with E-state index in [-0.39, 0.29) is 5.91 Å². The van der Waals surface area contributed by atoms with Gasteiger partial charge in [-0.25, -0.2) is 0 Å². The van der Waals surface area contributed by atoms with Crippen LogP contribution in [0.15, 0.2) is 60.7 Å². The van der Waals surface area contributed by atoms with E-state index in [9.17, 15) is 9.90 Å². The standard InChI is InChI=1S/C18H17NO2/c1-18(2,21)14-13-17(20)19(15-9-5-3-6-10-15)16-11-7-4-8-12-16/h3-12,21H,1-2H3. The van der Waals surface area contributed by atoms with Crippen LogP contribution in [0, 0.1) is 11.8 Å². The first-order valence-electron chi connectivity index (χ1n) is 6.67. The summed E-state index contributed by atoms with van der Waals surface area (Å²) < 4.78 is 0. The van der Waals surface area contributed by atoms with E-state index in [1.165, 1.54) is 4.90 Å². The molecule has 1 amide bonds. The van der Waals surface area contributed by atoms with Gasteiger partial charge in [-0.15, -0.1) is 0 Å². The van der Waals surface area contributed by atoms with E-state index in [1.807, 2.05) is 60.7 Å². The molecule has 2 aromatic rings. The van der Waals surface area contributed by atoms with Gasteiger partial charge in [-0.05, 0) is 44.0 Å². The Morgan fingerprint density at radius 2 is 1.38 bits per heavy atom. The van der Waals surface area contributed by atoms with Gasteiger partial charge in [-0.2, -0.15) is 0 Å². The lowest BCUT2D eigenvalue weighted by Crippen LogP contribution is -2.25. The number of hydrogen-bond donors (Lipinski definition) is 1. The lowest BCUT2D eigenvalue weighted by atomic mass is 10.1. The van der Waals surface area contributed by atoms with Crippen molar-refractivity contribution >= 4 is 17.3 Å². The van der Waals surface area contributed by atoms with Crippen LogP contribution in [0.25, 0.3) is 0 Å². The predicted octanol–water partition coefficient (Wildman–Crippen LogP) is 3.13. The third kappa shape index (κ3) is 4.20. The Bertz CT molecular complexity index is 622. The van der Waals surface area contributed by atoms with E-state index in [0.717, 1.165) is 11.4 Å². The third-order valence-corrected chi connectivity index (χ3v) is 2.71. The normalized spacial score (nSPS) is 10.4. The van der Waals surface area contributed by atoms with Crippen LogP contribution in [0.4, 0.5) is 11.4 Å². The van der Waals surface area contributed by atoms with Crippen molar-refractivity contribution in [3.05, 3.63) is 60.7 Å². The summed E-state index contributed by atoms with van der Waals surface area (Å²) in [5.41, 5.74) is 0.270. The van der Waals surface area contributed by atoms with Crippen molar-refractivity contribution < 1.29 is 9.90 Å². The second kappa shape index (κ2) is 6.25. The lowest BCUT2D eigenvalue weighted by Gasteiger charge is -2.20. The van der Waals surface area contributed by atoms with Gasteiger partial charge in [0.25, 0.3) is 0 Å². The van der Waals surface area contributed by atoms with Gasteiger partial charge < -0.3 is 5.11 Å². The van der Waals surface area contributed by atoms with Gasteiger partial charge in [0.2, 0.25) is 0 Å². The van der Waals surface area contributed by atoms with Crippen molar-refractivity contribution in [2.45, 2.75) is 19.4 Å². The highest BCUT2D eigenvalue weighted by Gasteiger charge is 2.16. The summed E-state index contributed by atoms with van der Waals surface area (Å²) in [7, 11) is 0. The van der Waals surface area contributed by atoms with Crippen molar-refractivity contribution in [2.24, 2.45) is 0 Å². The molecule has 1 N–H and O–H groups in total. The molecule has 0 unspecified atom stereocenters. The SMILES string of the molecule is CC(C)(O)C#CC(=O)N(c1ccccc1)c1ccccc1. The number of amides is 1. The molecule has 2 rings (SSSR count). The van der Waals surface area contributed by atoms with E-state index in [0.29, 0.717) is 0 Å². The van der Waals surface area contributed by atoms with Crippen molar-refractivity contribution in [1.29, 1.82) is 0 Å². The quantitative estimate of drug-likeness (QED) is 0.858. The molecule has 3 heteroatoms. The highest BCUT2D eigenvalue weighted by molar-refractivity contribution is 6.10. The fourth-order valence-corrected chi connectivity index (χ4v) is 1.80. The lowest BCUT2D eigenvalue weighted by molar-refractivity contribution is -0.112. The second-order valence-corrected chi connectivity index (χ2v) is 5.12. The van der Waals surface area contributed by atoms with E-state index in [1.54, 1.807) is 13.8 Å². The smallest absolute Gasteiger partial charge is 0.307 e. The van der Waals surface area contributed by atoms with E-state index in [2.05, 4.69) is 11.8 Å². The summed E-state index contributed by atoms with van der Waals surface area (Å²) >= 11 is 0. The van der Waals surface area contributed by atoms with Crippen LogP contribution in [-0.4, -0.2) is 16.6 Å². The summed E-state index contributed by atoms with van der Waals surface area (Å²) in [6.45, 7) is 3.09. The summed E-state index contributed by atoms with van der Waals surface area (Å²) in [4.78, 5) is 14.0. The van der Waals surface area contributed by atoms with E-state index in [4.69, 9.17) is 0 Å². The van der Waals surface area contributed by atoms with Crippen LogP contribution in [0.2, 0.25) is 0 Å². The largest absolute Gasteiger partial charge is 0.378 e. The Morgan fingerprint density at radius 1 is 0.952 bits per heavy atom. The molecule has 2 aromatic carbocycles. The highest BCUT2D eigenvalue weighted by atomic mass is 16.3. The zero-order chi connectivity index (χ0) is 15.3. The van der Waals surface area contributed by atoms with Gasteiger partial charge in [-0.3, -0.25) is 9.69 Å². The summed E-state index contributed by atoms with van der Waals surface area (Å²) in [6, 6.07) is 18.6. The molecule has 0 radical (unpaired) electrons. The Balaban J connectivity index is 2.42. The van der Waals surface area contributed by atoms with Crippen molar-refractivity contribution in [1.82, 2.24) is 0 Å². The third-order valence-electron chi connectivity index (χ3n) is 2.71. The molecular formula is C18H17NO2. The topological polar surface area (TPSA) is 40.5 Å². The van der Waals surface area contributed by atoms with Crippen LogP contribution < -0.4 is 4.90 Å². The van der Waals surface area contributed by atoms with Gasteiger partial charge in [0, 0.05) is 11.4 Å². The molecule has 0 saturated heterocycles. The van der Waals surface area contributed by atoms with Gasteiger partial charge in [0.15, 0.2) is 0 Å². The van der Waals surface area contributed by atoms with Crippen molar-refractivity contribution in [3.63, 3.8) is 0 Å². The molecule has 21 heavy (non-hydrogen) atoms. The monoisotopic (exact) mass is 279 g/mol. The van der Waals surface area contributed by atoms with E-state index >= 15 is 0 Å². The average molecular weight is 279 g/mol. The molecular weight excluding hydrogens is 262 g/mol. The molecule has 0 spiro atoms. The van der Waals surface area contributed by atoms with Gasteiger partial charge >= 0.3 is 5.91 Å². The van der Waals surface area contributed by atoms with Crippen LogP contribution in [0.3, 0.4) is 0 Å². The van der Waals surface area contributed by atoms with Crippen LogP contribution in [0.1, 0.15) is 13.8 Å². The zero-order valence-corrected chi connectivity index (χ0v) is 12.1. The Morgan fingerprint density at radius 3 is 1.76 bits per heavy atom. The molecule has 0 heterocycles. The van der Waals surface area contributed by atoms with Crippen molar-refractivity contribution in [3.8, 4) is 11.8 Å². The predicted molar refractivity (Wildman–Crippen MR) is 84.1 cm³/mol. The van der Waals surface area contributed by atoms with Gasteiger partial charge in [0.05, 0.1) is 0 Å². The first-order chi connectivity index (χ1) is 9.97. The first-order valence-corrected chi connectivity index (χ1v) is 6.67. The minimum atomic E-state index is -1.20. The number of benzene rings is 2. The molecule has 0 fully saturated rings. The maximum absolute atomic E-state index is 12.4. The summed E-state index contributed by atoms with van der Waals surface area (Å²) in [5.74, 6) is 4.68. The minimum Gasteiger partial charge on any atom is -0.378 e. The summed E-state index contributed by atoms with van der Waals surface area (Å²) in [6.07, 6.45) is 0. The maximum Gasteiger partial charge on any atom is 0.307 e. The minimum absolute atomic E-state index is 0.380. The molecule has 3 nitrogen and oxygen atoms in total. The molecule has 0 atom stereocenters. The molecule has 0 aliphatic carbocycles. The Labute approximate surface area is 124 Å². The van der Waals surface area contributed by atoms with Crippen molar-refractivity contribution in [2.75, 3.05) is 4.90 Å². The average Bonchev–Trinajstić information content (AvgIpc) is 2.47. The highest BCUT2D eigenvalue weighted by Crippen LogP contribution is 2.24. The fourth-order valence-electron chi connectivity index (χ4n) is 1.80. The second-order valence-electron chi connectivity index (χ2n) is 5.12. The Hall–Kier alpha value is -2.57. The molecule has 0 aliphatic rings. The molecule has 106 valence electrons. The summed E-state index contributed by atoms with van der Waals surface area (Å²) in [5, 5.41) is 9.65. The van der Waals surface area contributed by atoms with Crippen LogP contribution in [-0.2, 0) is 4.79 Å². The molecule has 0 aromatic heterocycles. The van der Waals surface area contributed by atoms with E-state index < -0.39 is 5.60 Å². The number of hydrogen-bond acceptors (Lipinski definition) is 2. The molecule has 0 bridgehead atoms. The Kier molecular flexibility index (Phi) is 4.42. The number of para-hydroxylation sites is 2. The number of nitrogens with zero attached hydrogens (tertiary/aromatic N) is 1. The van der Waals surface area contributed by atoms with Crippen LogP contribution >= 0.6 is 0 Å². The van der Waals surface area contributed by atoms with Crippen LogP contribution in [0.5, 0.6) is 0 Å². The number of carbonyl (C=O) groups excluding carboxylic acids is 1. The number of carbonyl (C=O) groups is 1. The fraction of sp³-hybridized carbons (Fsp3) is 0.167. The first kappa shape index (κ1) is 14.8.